The van der Waals surface area contributed by atoms with Gasteiger partial charge in [-0.25, -0.2) is 9.37 Å². The molecule has 0 spiro atoms. The zero-order chi connectivity index (χ0) is 23.1. The van der Waals surface area contributed by atoms with Gasteiger partial charge in [0, 0.05) is 35.4 Å². The van der Waals surface area contributed by atoms with Crippen molar-refractivity contribution in [2.75, 3.05) is 0 Å². The molecule has 0 unspecified atom stereocenters. The summed E-state index contributed by atoms with van der Waals surface area (Å²) >= 11 is 0. The summed E-state index contributed by atoms with van der Waals surface area (Å²) < 4.78 is 22.1. The second-order valence-electron chi connectivity index (χ2n) is 8.74. The van der Waals surface area contributed by atoms with Crippen LogP contribution < -0.4 is 4.74 Å². The highest BCUT2D eigenvalue weighted by atomic mass is 19.1. The molecule has 164 valence electrons. The third-order valence-corrected chi connectivity index (χ3v) is 6.16. The first-order chi connectivity index (χ1) is 16.0. The Kier molecular flexibility index (Phi) is 5.22. The Bertz CT molecular complexity index is 1460. The van der Waals surface area contributed by atoms with Crippen LogP contribution in [-0.4, -0.2) is 9.38 Å². The van der Waals surface area contributed by atoms with Crippen molar-refractivity contribution in [1.82, 2.24) is 9.38 Å². The van der Waals surface area contributed by atoms with Crippen molar-refractivity contribution in [3.05, 3.63) is 106 Å². The first-order valence-electron chi connectivity index (χ1n) is 11.1. The molecule has 0 N–H and O–H groups in total. The van der Waals surface area contributed by atoms with Crippen LogP contribution >= 0.6 is 0 Å². The van der Waals surface area contributed by atoms with Crippen LogP contribution in [0.3, 0.4) is 0 Å². The summed E-state index contributed by atoms with van der Waals surface area (Å²) in [4.78, 5) is 4.85. The molecule has 5 heteroatoms. The highest BCUT2D eigenvalue weighted by molar-refractivity contribution is 5.88. The lowest BCUT2D eigenvalue weighted by Gasteiger charge is -2.13. The number of ether oxygens (including phenoxy) is 1. The maximum absolute atomic E-state index is 13.9. The molecule has 2 aromatic heterocycles. The van der Waals surface area contributed by atoms with Crippen molar-refractivity contribution < 1.29 is 9.13 Å². The molecule has 0 atom stereocenters. The Labute approximate surface area is 192 Å². The lowest BCUT2D eigenvalue weighted by Crippen LogP contribution is -2.03. The van der Waals surface area contributed by atoms with Gasteiger partial charge >= 0.3 is 0 Å². The van der Waals surface area contributed by atoms with E-state index >= 15 is 0 Å². The minimum Gasteiger partial charge on any atom is -0.488 e. The van der Waals surface area contributed by atoms with Crippen LogP contribution in [0, 0.1) is 17.1 Å². The number of hydrogen-bond acceptors (Lipinski definition) is 3. The van der Waals surface area contributed by atoms with Crippen LogP contribution in [0.25, 0.3) is 11.2 Å². The molecular weight excluding hydrogens is 413 g/mol. The Hall–Kier alpha value is -3.91. The molecule has 1 aliphatic heterocycles. The molecule has 4 aromatic rings. The minimum atomic E-state index is -0.358. The van der Waals surface area contributed by atoms with Crippen molar-refractivity contribution in [1.29, 1.82) is 5.26 Å². The van der Waals surface area contributed by atoms with Gasteiger partial charge in [-0.3, -0.25) is 0 Å². The maximum Gasteiger partial charge on any atom is 0.137 e. The van der Waals surface area contributed by atoms with Crippen molar-refractivity contribution in [3.63, 3.8) is 0 Å². The molecule has 4 nitrogen and oxygen atoms in total. The van der Waals surface area contributed by atoms with Crippen molar-refractivity contribution in [3.8, 4) is 11.8 Å². The van der Waals surface area contributed by atoms with E-state index in [1.165, 1.54) is 17.8 Å². The van der Waals surface area contributed by atoms with Gasteiger partial charge in [-0.1, -0.05) is 38.1 Å². The zero-order valence-electron chi connectivity index (χ0n) is 18.9. The van der Waals surface area contributed by atoms with Crippen LogP contribution in [-0.2, 0) is 13.0 Å². The fourth-order valence-electron chi connectivity index (χ4n) is 4.60. The summed E-state index contributed by atoms with van der Waals surface area (Å²) in [6.45, 7) is 6.42. The molecule has 0 saturated carbocycles. The number of imidazole rings is 1. The average molecular weight is 438 g/mol. The van der Waals surface area contributed by atoms with E-state index in [1.807, 2.05) is 18.2 Å². The average Bonchev–Trinajstić information content (AvgIpc) is 3.10. The van der Waals surface area contributed by atoms with E-state index in [2.05, 4.69) is 48.7 Å². The number of hydrogen-bond donors (Lipinski definition) is 0. The number of pyridine rings is 1. The number of benzene rings is 2. The smallest absolute Gasteiger partial charge is 0.137 e. The zero-order valence-corrected chi connectivity index (χ0v) is 18.9. The van der Waals surface area contributed by atoms with E-state index in [4.69, 9.17) is 9.72 Å². The molecule has 0 saturated heterocycles. The second-order valence-corrected chi connectivity index (χ2v) is 8.74. The van der Waals surface area contributed by atoms with Crippen molar-refractivity contribution >= 4 is 11.2 Å². The van der Waals surface area contributed by atoms with Gasteiger partial charge in [0.1, 0.15) is 23.8 Å². The molecule has 5 rings (SSSR count). The summed E-state index contributed by atoms with van der Waals surface area (Å²) in [5.41, 5.74) is 8.39. The van der Waals surface area contributed by atoms with Crippen molar-refractivity contribution in [2.24, 2.45) is 0 Å². The van der Waals surface area contributed by atoms with Gasteiger partial charge in [-0.15, -0.1) is 0 Å². The minimum absolute atomic E-state index is 0.307. The van der Waals surface area contributed by atoms with Crippen LogP contribution in [0.4, 0.5) is 4.39 Å². The quantitative estimate of drug-likeness (QED) is 0.347. The SMILES string of the molecule is C/C(C#N)=C1\c2ccc(Cc3c(C(C)C)nc4ccccn34)cc2COc2cc(F)ccc21. The van der Waals surface area contributed by atoms with Gasteiger partial charge in [0.2, 0.25) is 0 Å². The molecule has 33 heavy (non-hydrogen) atoms. The summed E-state index contributed by atoms with van der Waals surface area (Å²) in [6, 6.07) is 19.1. The molecule has 3 heterocycles. The predicted molar refractivity (Wildman–Crippen MR) is 127 cm³/mol. The Morgan fingerprint density at radius 2 is 1.97 bits per heavy atom. The standard InChI is InChI=1S/C28H24FN3O/c1-17(2)28-24(32-11-5-4-6-26(32)31-28)13-19-7-9-22-20(12-19)16-33-25-14-21(29)8-10-23(25)27(22)18(3)15-30/h4-12,14,17H,13,16H2,1-3H3/b27-18-. The lowest BCUT2D eigenvalue weighted by molar-refractivity contribution is 0.305. The molecular formula is C28H24FN3O. The maximum atomic E-state index is 13.9. The van der Waals surface area contributed by atoms with E-state index in [1.54, 1.807) is 13.0 Å². The summed E-state index contributed by atoms with van der Waals surface area (Å²) in [5, 5.41) is 9.66. The van der Waals surface area contributed by atoms with E-state index in [0.29, 0.717) is 23.8 Å². The van der Waals surface area contributed by atoms with E-state index in [-0.39, 0.29) is 5.82 Å². The number of allylic oxidation sites excluding steroid dienone is 1. The normalized spacial score (nSPS) is 14.3. The number of nitrogens with zero attached hydrogens (tertiary/aromatic N) is 3. The number of aromatic nitrogens is 2. The highest BCUT2D eigenvalue weighted by Gasteiger charge is 2.23. The van der Waals surface area contributed by atoms with Gasteiger partial charge in [-0.2, -0.15) is 5.26 Å². The van der Waals surface area contributed by atoms with E-state index in [9.17, 15) is 9.65 Å². The molecule has 2 aromatic carbocycles. The van der Waals surface area contributed by atoms with E-state index in [0.717, 1.165) is 45.6 Å². The fraction of sp³-hybridized carbons (Fsp3) is 0.214. The summed E-state index contributed by atoms with van der Waals surface area (Å²) in [6.07, 6.45) is 2.78. The van der Waals surface area contributed by atoms with Crippen LogP contribution in [0.2, 0.25) is 0 Å². The summed E-state index contributed by atoms with van der Waals surface area (Å²) in [7, 11) is 0. The highest BCUT2D eigenvalue weighted by Crippen LogP contribution is 2.39. The molecule has 0 radical (unpaired) electrons. The molecule has 0 aliphatic carbocycles. The number of nitriles is 1. The van der Waals surface area contributed by atoms with Gasteiger partial charge in [0.15, 0.2) is 0 Å². The van der Waals surface area contributed by atoms with Gasteiger partial charge in [-0.05, 0) is 53.8 Å². The Balaban J connectivity index is 1.61. The molecule has 1 aliphatic rings. The van der Waals surface area contributed by atoms with Gasteiger partial charge in [0.05, 0.1) is 17.5 Å². The second kappa shape index (κ2) is 8.22. The van der Waals surface area contributed by atoms with Crippen molar-refractivity contribution in [2.45, 2.75) is 39.7 Å². The third kappa shape index (κ3) is 3.68. The topological polar surface area (TPSA) is 50.3 Å². The van der Waals surface area contributed by atoms with Crippen LogP contribution in [0.5, 0.6) is 5.75 Å². The molecule has 0 fully saturated rings. The Morgan fingerprint density at radius 3 is 2.76 bits per heavy atom. The van der Waals surface area contributed by atoms with Gasteiger partial charge in [0.25, 0.3) is 0 Å². The molecule has 0 bridgehead atoms. The Morgan fingerprint density at radius 1 is 1.15 bits per heavy atom. The number of halogens is 1. The van der Waals surface area contributed by atoms with E-state index < -0.39 is 0 Å². The summed E-state index contributed by atoms with van der Waals surface area (Å²) in [5.74, 6) is 0.408. The monoisotopic (exact) mass is 437 g/mol. The predicted octanol–water partition coefficient (Wildman–Crippen LogP) is 6.43. The molecule has 0 amide bonds. The fourth-order valence-corrected chi connectivity index (χ4v) is 4.60. The first kappa shape index (κ1) is 21.0. The van der Waals surface area contributed by atoms with Crippen LogP contribution in [0.1, 0.15) is 60.3 Å². The third-order valence-electron chi connectivity index (χ3n) is 6.16. The van der Waals surface area contributed by atoms with Crippen LogP contribution in [0.15, 0.2) is 66.4 Å². The first-order valence-corrected chi connectivity index (χ1v) is 11.1. The number of rotatable bonds is 3. The largest absolute Gasteiger partial charge is 0.488 e. The lowest BCUT2D eigenvalue weighted by atomic mass is 9.89. The van der Waals surface area contributed by atoms with Gasteiger partial charge < -0.3 is 9.14 Å². The number of fused-ring (bicyclic) bond motifs is 3.